The van der Waals surface area contributed by atoms with Crippen LogP contribution in [0, 0.1) is 6.07 Å². The Morgan fingerprint density at radius 1 is 1.53 bits per heavy atom. The van der Waals surface area contributed by atoms with Gasteiger partial charge in [0.1, 0.15) is 0 Å². The van der Waals surface area contributed by atoms with Crippen LogP contribution in [0.25, 0.3) is 10.9 Å². The molecular formula is C14H17N2Y+2. The Morgan fingerprint density at radius 3 is 3.18 bits per heavy atom. The summed E-state index contributed by atoms with van der Waals surface area (Å²) in [6.45, 7) is 1.25. The largest absolute Gasteiger partial charge is 3.00 e. The molecule has 0 bridgehead atoms. The zero-order valence-corrected chi connectivity index (χ0v) is 13.1. The van der Waals surface area contributed by atoms with Gasteiger partial charge < -0.3 is 9.88 Å². The van der Waals surface area contributed by atoms with Gasteiger partial charge in [-0.05, 0) is 39.1 Å². The Morgan fingerprint density at radius 2 is 2.41 bits per heavy atom. The van der Waals surface area contributed by atoms with Crippen molar-refractivity contribution in [2.75, 3.05) is 13.6 Å². The van der Waals surface area contributed by atoms with Gasteiger partial charge in [-0.1, -0.05) is 11.1 Å². The van der Waals surface area contributed by atoms with Crippen molar-refractivity contribution in [1.82, 2.24) is 9.88 Å². The molecule has 1 saturated heterocycles. The van der Waals surface area contributed by atoms with E-state index in [4.69, 9.17) is 0 Å². The maximum Gasteiger partial charge on any atom is 3.00 e. The fraction of sp³-hybridized carbons (Fsp3) is 0.429. The van der Waals surface area contributed by atoms with E-state index in [1.54, 1.807) is 0 Å². The van der Waals surface area contributed by atoms with Gasteiger partial charge in [-0.15, -0.1) is 11.5 Å². The second-order valence-electron chi connectivity index (χ2n) is 4.77. The molecule has 1 N–H and O–H groups in total. The topological polar surface area (TPSA) is 19.0 Å². The summed E-state index contributed by atoms with van der Waals surface area (Å²) in [7, 11) is 2.23. The molecule has 3 rings (SSSR count). The minimum Gasteiger partial charge on any atom is -0.384 e. The summed E-state index contributed by atoms with van der Waals surface area (Å²) in [5, 5.41) is 1.34. The van der Waals surface area contributed by atoms with E-state index in [2.05, 4.69) is 41.3 Å². The van der Waals surface area contributed by atoms with Gasteiger partial charge in [-0.25, -0.2) is 0 Å². The maximum absolute atomic E-state index is 3.34. The zero-order chi connectivity index (χ0) is 11.0. The van der Waals surface area contributed by atoms with E-state index in [0.717, 1.165) is 12.5 Å². The van der Waals surface area contributed by atoms with Crippen molar-refractivity contribution in [3.05, 3.63) is 36.0 Å². The molecular weight excluding hydrogens is 285 g/mol. The fourth-order valence-electron chi connectivity index (χ4n) is 2.72. The number of H-pyrrole nitrogens is 1. The van der Waals surface area contributed by atoms with Crippen molar-refractivity contribution in [3.63, 3.8) is 0 Å². The normalized spacial score (nSPS) is 20.6. The van der Waals surface area contributed by atoms with Crippen LogP contribution in [0.3, 0.4) is 0 Å². The van der Waals surface area contributed by atoms with Crippen LogP contribution < -0.4 is 0 Å². The predicted octanol–water partition coefficient (Wildman–Crippen LogP) is 2.60. The van der Waals surface area contributed by atoms with Crippen molar-refractivity contribution in [2.45, 2.75) is 25.3 Å². The number of nitrogens with one attached hydrogen (secondary N) is 1. The van der Waals surface area contributed by atoms with E-state index in [1.807, 2.05) is 6.07 Å². The summed E-state index contributed by atoms with van der Waals surface area (Å²) in [6, 6.07) is 10.0. The molecule has 1 atom stereocenters. The van der Waals surface area contributed by atoms with Gasteiger partial charge in [0, 0.05) is 6.04 Å². The van der Waals surface area contributed by atoms with E-state index < -0.39 is 0 Å². The van der Waals surface area contributed by atoms with Crippen LogP contribution >= 0.6 is 0 Å². The van der Waals surface area contributed by atoms with Crippen molar-refractivity contribution in [3.8, 4) is 0 Å². The first-order valence-corrected chi connectivity index (χ1v) is 6.01. The Hall–Kier alpha value is -0.176. The second kappa shape index (κ2) is 5.64. The fourth-order valence-corrected chi connectivity index (χ4v) is 2.72. The minimum absolute atomic E-state index is 0. The number of benzene rings is 1. The number of likely N-dealkylation sites (tertiary alicyclic amines) is 1. The summed E-state index contributed by atoms with van der Waals surface area (Å²) >= 11 is 0. The number of aromatic amines is 1. The van der Waals surface area contributed by atoms with E-state index in [1.165, 1.54) is 35.9 Å². The molecule has 2 nitrogen and oxygen atoms in total. The van der Waals surface area contributed by atoms with Gasteiger partial charge in [0.2, 0.25) is 0 Å². The predicted molar refractivity (Wildman–Crippen MR) is 66.5 cm³/mol. The molecule has 84 valence electrons. The number of hydrogen-bond donors (Lipinski definition) is 1. The Kier molecular flexibility index (Phi) is 4.40. The summed E-state index contributed by atoms with van der Waals surface area (Å²) in [4.78, 5) is 5.82. The SMILES string of the molecule is CN1CCCC1Cc1c[nH]c2cc[c-]cc12.[Y+3]. The van der Waals surface area contributed by atoms with Gasteiger partial charge in [0.05, 0.1) is 0 Å². The molecule has 0 saturated carbocycles. The van der Waals surface area contributed by atoms with Crippen LogP contribution in [0.2, 0.25) is 0 Å². The van der Waals surface area contributed by atoms with Crippen molar-refractivity contribution in [2.24, 2.45) is 0 Å². The molecule has 0 radical (unpaired) electrons. The molecule has 17 heavy (non-hydrogen) atoms. The molecule has 1 aliphatic heterocycles. The Balaban J connectivity index is 0.00000108. The average Bonchev–Trinajstić information content (AvgIpc) is 2.88. The first-order valence-electron chi connectivity index (χ1n) is 6.01. The zero-order valence-electron chi connectivity index (χ0n) is 10.2. The smallest absolute Gasteiger partial charge is 0.384 e. The third-order valence-corrected chi connectivity index (χ3v) is 3.74. The third-order valence-electron chi connectivity index (χ3n) is 3.74. The molecule has 2 heterocycles. The molecule has 0 amide bonds. The van der Waals surface area contributed by atoms with E-state index >= 15 is 0 Å². The minimum atomic E-state index is 0. The summed E-state index contributed by atoms with van der Waals surface area (Å²) in [6.07, 6.45) is 5.99. The van der Waals surface area contributed by atoms with Crippen LogP contribution in [-0.4, -0.2) is 29.5 Å². The number of likely N-dealkylation sites (N-methyl/N-ethyl adjacent to an activating group) is 1. The van der Waals surface area contributed by atoms with Crippen molar-refractivity contribution >= 4 is 10.9 Å². The van der Waals surface area contributed by atoms with E-state index in [0.29, 0.717) is 0 Å². The number of fused-ring (bicyclic) bond motifs is 1. The van der Waals surface area contributed by atoms with Gasteiger partial charge in [0.25, 0.3) is 0 Å². The van der Waals surface area contributed by atoms with Gasteiger partial charge in [-0.3, -0.25) is 0 Å². The van der Waals surface area contributed by atoms with Crippen LogP contribution in [-0.2, 0) is 39.1 Å². The Labute approximate surface area is 128 Å². The molecule has 1 fully saturated rings. The van der Waals surface area contributed by atoms with Crippen LogP contribution in [0.1, 0.15) is 18.4 Å². The maximum atomic E-state index is 3.34. The molecule has 1 aromatic carbocycles. The van der Waals surface area contributed by atoms with Gasteiger partial charge in [0.15, 0.2) is 0 Å². The average molecular weight is 302 g/mol. The molecule has 1 aliphatic rings. The summed E-state index contributed by atoms with van der Waals surface area (Å²) in [5.74, 6) is 0. The molecule has 0 aliphatic carbocycles. The van der Waals surface area contributed by atoms with Gasteiger partial charge in [-0.2, -0.15) is 18.2 Å². The number of aromatic nitrogens is 1. The van der Waals surface area contributed by atoms with Crippen LogP contribution in [0.5, 0.6) is 0 Å². The summed E-state index contributed by atoms with van der Waals surface area (Å²) < 4.78 is 0. The van der Waals surface area contributed by atoms with Crippen molar-refractivity contribution in [1.29, 1.82) is 0 Å². The first kappa shape index (κ1) is 13.3. The van der Waals surface area contributed by atoms with Crippen molar-refractivity contribution < 1.29 is 32.7 Å². The number of rotatable bonds is 2. The number of nitrogens with zero attached hydrogens (tertiary/aromatic N) is 1. The standard InChI is InChI=1S/C14H17N2.Y/c1-16-8-4-5-12(16)9-11-10-15-14-7-3-2-6-13(11)14;/h3,6-7,10,12,15H,4-5,8-9H2,1H3;/q-1;+3. The van der Waals surface area contributed by atoms with E-state index in [9.17, 15) is 0 Å². The monoisotopic (exact) mass is 302 g/mol. The Bertz CT molecular complexity index is 492. The molecule has 0 spiro atoms. The van der Waals surface area contributed by atoms with Crippen LogP contribution in [0.15, 0.2) is 24.4 Å². The third kappa shape index (κ3) is 2.64. The molecule has 2 aromatic rings. The molecule has 1 unspecified atom stereocenters. The molecule has 1 aromatic heterocycles. The number of hydrogen-bond acceptors (Lipinski definition) is 1. The van der Waals surface area contributed by atoms with E-state index in [-0.39, 0.29) is 32.7 Å². The quantitative estimate of drug-likeness (QED) is 0.845. The van der Waals surface area contributed by atoms with Gasteiger partial charge >= 0.3 is 32.7 Å². The molecule has 3 heteroatoms. The van der Waals surface area contributed by atoms with Crippen LogP contribution in [0.4, 0.5) is 0 Å². The second-order valence-corrected chi connectivity index (χ2v) is 4.77. The first-order chi connectivity index (χ1) is 7.84. The summed E-state index contributed by atoms with van der Waals surface area (Å²) in [5.41, 5.74) is 2.67.